The van der Waals surface area contributed by atoms with E-state index in [1.54, 1.807) is 11.3 Å². The van der Waals surface area contributed by atoms with E-state index < -0.39 is 0 Å². The highest BCUT2D eigenvalue weighted by Crippen LogP contribution is 2.23. The van der Waals surface area contributed by atoms with E-state index in [4.69, 9.17) is 0 Å². The predicted molar refractivity (Wildman–Crippen MR) is 71.2 cm³/mol. The summed E-state index contributed by atoms with van der Waals surface area (Å²) in [7, 11) is 0. The number of carbonyl (C=O) groups is 1. The molecule has 0 bridgehead atoms. The molecule has 0 N–H and O–H groups in total. The van der Waals surface area contributed by atoms with Gasteiger partial charge in [0.25, 0.3) is 0 Å². The van der Waals surface area contributed by atoms with Crippen LogP contribution in [-0.4, -0.2) is 5.78 Å². The molecule has 1 aromatic carbocycles. The molecule has 0 aliphatic rings. The van der Waals surface area contributed by atoms with Gasteiger partial charge in [-0.3, -0.25) is 4.79 Å². The molecule has 0 saturated carbocycles. The SMILES string of the molecule is Cc1ccccc1C(=O)Cc1ccc(Br)s1. The van der Waals surface area contributed by atoms with Crippen LogP contribution in [0.3, 0.4) is 0 Å². The van der Waals surface area contributed by atoms with Crippen LogP contribution in [0.25, 0.3) is 0 Å². The van der Waals surface area contributed by atoms with Crippen LogP contribution >= 0.6 is 27.3 Å². The monoisotopic (exact) mass is 294 g/mol. The van der Waals surface area contributed by atoms with E-state index in [-0.39, 0.29) is 5.78 Å². The number of rotatable bonds is 3. The molecule has 0 saturated heterocycles. The van der Waals surface area contributed by atoms with Gasteiger partial charge in [0, 0.05) is 16.9 Å². The molecule has 0 fully saturated rings. The lowest BCUT2D eigenvalue weighted by Gasteiger charge is -2.02. The zero-order chi connectivity index (χ0) is 11.5. The van der Waals surface area contributed by atoms with E-state index in [2.05, 4.69) is 15.9 Å². The third-order valence-electron chi connectivity index (χ3n) is 2.41. The molecule has 0 amide bonds. The number of Topliss-reactive ketones (excluding diaryl/α,β-unsaturated/α-hetero) is 1. The van der Waals surface area contributed by atoms with Gasteiger partial charge >= 0.3 is 0 Å². The van der Waals surface area contributed by atoms with Crippen molar-refractivity contribution in [2.24, 2.45) is 0 Å². The number of hydrogen-bond donors (Lipinski definition) is 0. The molecule has 0 aliphatic heterocycles. The van der Waals surface area contributed by atoms with Gasteiger partial charge in [0.1, 0.15) is 0 Å². The zero-order valence-corrected chi connectivity index (χ0v) is 11.3. The maximum atomic E-state index is 12.0. The fourth-order valence-electron chi connectivity index (χ4n) is 1.59. The molecule has 1 aromatic heterocycles. The lowest BCUT2D eigenvalue weighted by atomic mass is 10.0. The number of ketones is 1. The molecule has 0 aliphatic carbocycles. The molecule has 0 unspecified atom stereocenters. The van der Waals surface area contributed by atoms with E-state index in [9.17, 15) is 4.79 Å². The summed E-state index contributed by atoms with van der Waals surface area (Å²) in [5.41, 5.74) is 1.87. The molecule has 0 radical (unpaired) electrons. The first-order valence-corrected chi connectivity index (χ1v) is 6.61. The summed E-state index contributed by atoms with van der Waals surface area (Å²) in [5.74, 6) is 0.187. The second-order valence-electron chi connectivity index (χ2n) is 3.62. The number of halogens is 1. The Balaban J connectivity index is 2.18. The number of hydrogen-bond acceptors (Lipinski definition) is 2. The van der Waals surface area contributed by atoms with E-state index in [0.29, 0.717) is 6.42 Å². The highest BCUT2D eigenvalue weighted by atomic mass is 79.9. The maximum absolute atomic E-state index is 12.0. The summed E-state index contributed by atoms with van der Waals surface area (Å²) < 4.78 is 1.07. The molecular weight excluding hydrogens is 284 g/mol. The third kappa shape index (κ3) is 2.60. The van der Waals surface area contributed by atoms with Crippen LogP contribution in [0.1, 0.15) is 20.8 Å². The van der Waals surface area contributed by atoms with Gasteiger partial charge < -0.3 is 0 Å². The Bertz CT molecular complexity index is 516. The highest BCUT2D eigenvalue weighted by Gasteiger charge is 2.10. The van der Waals surface area contributed by atoms with Crippen LogP contribution in [0.4, 0.5) is 0 Å². The smallest absolute Gasteiger partial charge is 0.168 e. The van der Waals surface area contributed by atoms with Gasteiger partial charge in [0.2, 0.25) is 0 Å². The summed E-state index contributed by atoms with van der Waals surface area (Å²) in [5, 5.41) is 0. The summed E-state index contributed by atoms with van der Waals surface area (Å²) >= 11 is 5.01. The first kappa shape index (κ1) is 11.6. The summed E-state index contributed by atoms with van der Waals surface area (Å²) in [4.78, 5) is 13.1. The van der Waals surface area contributed by atoms with Crippen LogP contribution in [-0.2, 0) is 6.42 Å². The van der Waals surface area contributed by atoms with Crippen molar-refractivity contribution in [1.82, 2.24) is 0 Å². The lowest BCUT2D eigenvalue weighted by molar-refractivity contribution is 0.0993. The fourth-order valence-corrected chi connectivity index (χ4v) is 3.07. The Morgan fingerprint density at radius 2 is 2.00 bits per heavy atom. The maximum Gasteiger partial charge on any atom is 0.168 e. The van der Waals surface area contributed by atoms with Crippen LogP contribution in [0, 0.1) is 6.92 Å². The minimum atomic E-state index is 0.187. The second-order valence-corrected chi connectivity index (χ2v) is 6.17. The van der Waals surface area contributed by atoms with Gasteiger partial charge in [-0.1, -0.05) is 24.3 Å². The summed E-state index contributed by atoms with van der Waals surface area (Å²) in [6.07, 6.45) is 0.487. The molecular formula is C13H11BrOS. The molecule has 0 spiro atoms. The van der Waals surface area contributed by atoms with Crippen molar-refractivity contribution < 1.29 is 4.79 Å². The Morgan fingerprint density at radius 3 is 2.62 bits per heavy atom. The van der Waals surface area contributed by atoms with E-state index >= 15 is 0 Å². The normalized spacial score (nSPS) is 10.4. The van der Waals surface area contributed by atoms with Gasteiger partial charge in [-0.2, -0.15) is 0 Å². The van der Waals surface area contributed by atoms with Gasteiger partial charge in [-0.05, 0) is 40.5 Å². The van der Waals surface area contributed by atoms with Crippen molar-refractivity contribution in [3.63, 3.8) is 0 Å². The van der Waals surface area contributed by atoms with Gasteiger partial charge in [0.15, 0.2) is 5.78 Å². The Hall–Kier alpha value is -0.930. The number of thiophene rings is 1. The Kier molecular flexibility index (Phi) is 3.56. The standard InChI is InChI=1S/C13H11BrOS/c1-9-4-2-3-5-11(9)12(15)8-10-6-7-13(14)16-10/h2-7H,8H2,1H3. The summed E-state index contributed by atoms with van der Waals surface area (Å²) in [6, 6.07) is 11.7. The molecule has 82 valence electrons. The molecule has 1 nitrogen and oxygen atoms in total. The number of carbonyl (C=O) groups excluding carboxylic acids is 1. The van der Waals surface area contributed by atoms with E-state index in [1.165, 1.54) is 0 Å². The van der Waals surface area contributed by atoms with Gasteiger partial charge in [-0.25, -0.2) is 0 Å². The lowest BCUT2D eigenvalue weighted by Crippen LogP contribution is -2.04. The molecule has 2 rings (SSSR count). The predicted octanol–water partition coefficient (Wildman–Crippen LogP) is 4.24. The fraction of sp³-hybridized carbons (Fsp3) is 0.154. The average Bonchev–Trinajstić information content (AvgIpc) is 2.64. The largest absolute Gasteiger partial charge is 0.294 e. The van der Waals surface area contributed by atoms with Gasteiger partial charge in [0.05, 0.1) is 3.79 Å². The molecule has 16 heavy (non-hydrogen) atoms. The topological polar surface area (TPSA) is 17.1 Å². The molecule has 3 heteroatoms. The average molecular weight is 295 g/mol. The minimum Gasteiger partial charge on any atom is -0.294 e. The van der Waals surface area contributed by atoms with Crippen LogP contribution in [0.15, 0.2) is 40.2 Å². The van der Waals surface area contributed by atoms with Crippen molar-refractivity contribution >= 4 is 33.0 Å². The van der Waals surface area contributed by atoms with Crippen molar-refractivity contribution in [2.45, 2.75) is 13.3 Å². The first-order valence-electron chi connectivity index (χ1n) is 5.00. The zero-order valence-electron chi connectivity index (χ0n) is 8.87. The molecule has 2 aromatic rings. The summed E-state index contributed by atoms with van der Waals surface area (Å²) in [6.45, 7) is 1.97. The van der Waals surface area contributed by atoms with Crippen molar-refractivity contribution in [2.75, 3.05) is 0 Å². The second kappa shape index (κ2) is 4.93. The van der Waals surface area contributed by atoms with Crippen molar-refractivity contribution in [3.8, 4) is 0 Å². The van der Waals surface area contributed by atoms with Crippen LogP contribution < -0.4 is 0 Å². The van der Waals surface area contributed by atoms with Crippen molar-refractivity contribution in [1.29, 1.82) is 0 Å². The number of benzene rings is 1. The Labute approximate surface area is 107 Å². The minimum absolute atomic E-state index is 0.187. The van der Waals surface area contributed by atoms with E-state index in [1.807, 2.05) is 43.3 Å². The van der Waals surface area contributed by atoms with Crippen molar-refractivity contribution in [3.05, 3.63) is 56.2 Å². The molecule has 0 atom stereocenters. The third-order valence-corrected chi connectivity index (χ3v) is 4.03. The van der Waals surface area contributed by atoms with Gasteiger partial charge in [-0.15, -0.1) is 11.3 Å². The van der Waals surface area contributed by atoms with Crippen LogP contribution in [0.2, 0.25) is 0 Å². The quantitative estimate of drug-likeness (QED) is 0.774. The molecule has 1 heterocycles. The van der Waals surface area contributed by atoms with E-state index in [0.717, 1.165) is 19.8 Å². The first-order chi connectivity index (χ1) is 7.66. The van der Waals surface area contributed by atoms with Crippen LogP contribution in [0.5, 0.6) is 0 Å². The number of aryl methyl sites for hydroxylation is 1. The Morgan fingerprint density at radius 1 is 1.25 bits per heavy atom. The highest BCUT2D eigenvalue weighted by molar-refractivity contribution is 9.11.